The molecule has 1 aliphatic carbocycles. The lowest BCUT2D eigenvalue weighted by atomic mass is 10.2. The maximum absolute atomic E-state index is 12.0. The zero-order valence-electron chi connectivity index (χ0n) is 10.9. The van der Waals surface area contributed by atoms with Crippen LogP contribution in [0.1, 0.15) is 39.5 Å². The van der Waals surface area contributed by atoms with Crippen molar-refractivity contribution in [3.05, 3.63) is 0 Å². The van der Waals surface area contributed by atoms with Gasteiger partial charge in [-0.3, -0.25) is 4.79 Å². The lowest BCUT2D eigenvalue weighted by molar-refractivity contribution is -0.141. The number of hydrogen-bond acceptors (Lipinski definition) is 3. The summed E-state index contributed by atoms with van der Waals surface area (Å²) in [5.74, 6) is -0.389. The van der Waals surface area contributed by atoms with Gasteiger partial charge in [-0.2, -0.15) is 0 Å². The van der Waals surface area contributed by atoms with Gasteiger partial charge in [0.15, 0.2) is 0 Å². The fourth-order valence-electron chi connectivity index (χ4n) is 2.02. The fourth-order valence-corrected chi connectivity index (χ4v) is 2.02. The summed E-state index contributed by atoms with van der Waals surface area (Å²) < 4.78 is 4.59. The van der Waals surface area contributed by atoms with Gasteiger partial charge in [-0.25, -0.2) is 4.79 Å². The van der Waals surface area contributed by atoms with Crippen molar-refractivity contribution in [2.45, 2.75) is 51.6 Å². The molecule has 0 aromatic carbocycles. The summed E-state index contributed by atoms with van der Waals surface area (Å²) >= 11 is 0. The van der Waals surface area contributed by atoms with Crippen LogP contribution in [0.25, 0.3) is 0 Å². The van der Waals surface area contributed by atoms with Crippen molar-refractivity contribution < 1.29 is 14.3 Å². The van der Waals surface area contributed by atoms with Crippen LogP contribution in [0.2, 0.25) is 0 Å². The largest absolute Gasteiger partial charge is 0.468 e. The maximum Gasteiger partial charge on any atom is 0.325 e. The molecule has 5 heteroatoms. The quantitative estimate of drug-likeness (QED) is 0.760. The van der Waals surface area contributed by atoms with Crippen LogP contribution in [0, 0.1) is 0 Å². The Morgan fingerprint density at radius 3 is 2.41 bits per heavy atom. The van der Waals surface area contributed by atoms with Crippen molar-refractivity contribution in [2.75, 3.05) is 13.7 Å². The van der Waals surface area contributed by atoms with E-state index in [1.807, 2.05) is 13.8 Å². The molecule has 0 saturated heterocycles. The molecule has 0 bridgehead atoms. The zero-order chi connectivity index (χ0) is 12.8. The number of urea groups is 1. The van der Waals surface area contributed by atoms with Gasteiger partial charge >= 0.3 is 12.0 Å². The number of amides is 2. The van der Waals surface area contributed by atoms with Gasteiger partial charge in [0.1, 0.15) is 6.54 Å². The average molecular weight is 242 g/mol. The van der Waals surface area contributed by atoms with Crippen LogP contribution < -0.4 is 5.32 Å². The summed E-state index contributed by atoms with van der Waals surface area (Å²) in [6.45, 7) is 3.78. The third-order valence-electron chi connectivity index (χ3n) is 3.09. The van der Waals surface area contributed by atoms with Gasteiger partial charge in [0, 0.05) is 12.1 Å². The molecule has 0 aromatic rings. The van der Waals surface area contributed by atoms with Crippen LogP contribution in [-0.2, 0) is 9.53 Å². The van der Waals surface area contributed by atoms with Crippen LogP contribution in [0.4, 0.5) is 4.79 Å². The zero-order valence-corrected chi connectivity index (χ0v) is 10.9. The van der Waals surface area contributed by atoms with Gasteiger partial charge in [-0.15, -0.1) is 0 Å². The highest BCUT2D eigenvalue weighted by Crippen LogP contribution is 2.18. The van der Waals surface area contributed by atoms with E-state index >= 15 is 0 Å². The molecule has 5 nitrogen and oxygen atoms in total. The molecule has 0 heterocycles. The molecule has 17 heavy (non-hydrogen) atoms. The molecule has 0 unspecified atom stereocenters. The molecule has 98 valence electrons. The van der Waals surface area contributed by atoms with Crippen LogP contribution >= 0.6 is 0 Å². The number of methoxy groups -OCH3 is 1. The van der Waals surface area contributed by atoms with Gasteiger partial charge in [-0.1, -0.05) is 12.8 Å². The van der Waals surface area contributed by atoms with Crippen molar-refractivity contribution in [3.8, 4) is 0 Å². The Balaban J connectivity index is 2.50. The molecular weight excluding hydrogens is 220 g/mol. The first kappa shape index (κ1) is 13.8. The molecule has 0 aromatic heterocycles. The standard InChI is InChI=1S/C12H22N2O3/c1-9(2)14(8-11(15)17-3)12(16)13-10-6-4-5-7-10/h9-10H,4-8H2,1-3H3,(H,13,16). The van der Waals surface area contributed by atoms with Gasteiger partial charge in [-0.05, 0) is 26.7 Å². The normalized spacial score (nSPS) is 16.0. The number of hydrogen-bond donors (Lipinski definition) is 1. The fraction of sp³-hybridized carbons (Fsp3) is 0.833. The SMILES string of the molecule is COC(=O)CN(C(=O)NC1CCCC1)C(C)C. The van der Waals surface area contributed by atoms with Crippen LogP contribution in [0.15, 0.2) is 0 Å². The van der Waals surface area contributed by atoms with Gasteiger partial charge in [0.05, 0.1) is 7.11 Å². The minimum Gasteiger partial charge on any atom is -0.468 e. The van der Waals surface area contributed by atoms with Gasteiger partial charge in [0.25, 0.3) is 0 Å². The van der Waals surface area contributed by atoms with E-state index in [0.29, 0.717) is 0 Å². The van der Waals surface area contributed by atoms with Crippen molar-refractivity contribution in [2.24, 2.45) is 0 Å². The first-order chi connectivity index (χ1) is 8.04. The highest BCUT2D eigenvalue weighted by Gasteiger charge is 2.24. The molecule has 0 aliphatic heterocycles. The summed E-state index contributed by atoms with van der Waals surface area (Å²) in [4.78, 5) is 24.7. The number of nitrogens with one attached hydrogen (secondary N) is 1. The van der Waals surface area contributed by atoms with E-state index in [1.165, 1.54) is 24.9 Å². The molecule has 1 aliphatic rings. The molecule has 0 radical (unpaired) electrons. The Kier molecular flexibility index (Phi) is 5.25. The Labute approximate surface area is 102 Å². The third-order valence-corrected chi connectivity index (χ3v) is 3.09. The minimum atomic E-state index is -0.389. The average Bonchev–Trinajstić information content (AvgIpc) is 2.77. The highest BCUT2D eigenvalue weighted by atomic mass is 16.5. The highest BCUT2D eigenvalue weighted by molar-refractivity contribution is 5.81. The summed E-state index contributed by atoms with van der Waals surface area (Å²) in [7, 11) is 1.33. The Morgan fingerprint density at radius 2 is 1.94 bits per heavy atom. The molecule has 0 atom stereocenters. The van der Waals surface area contributed by atoms with Crippen molar-refractivity contribution >= 4 is 12.0 Å². The molecule has 2 amide bonds. The summed E-state index contributed by atoms with van der Waals surface area (Å²) in [5.41, 5.74) is 0. The lowest BCUT2D eigenvalue weighted by Crippen LogP contribution is -2.49. The predicted octanol–water partition coefficient (Wildman–Crippen LogP) is 1.52. The van der Waals surface area contributed by atoms with E-state index in [4.69, 9.17) is 0 Å². The first-order valence-corrected chi connectivity index (χ1v) is 6.18. The number of carbonyl (C=O) groups excluding carboxylic acids is 2. The number of nitrogens with zero attached hydrogens (tertiary/aromatic N) is 1. The molecule has 1 N–H and O–H groups in total. The van der Waals surface area contributed by atoms with Crippen molar-refractivity contribution in [1.82, 2.24) is 10.2 Å². The third kappa shape index (κ3) is 4.24. The second-order valence-electron chi connectivity index (χ2n) is 4.73. The van der Waals surface area contributed by atoms with E-state index in [-0.39, 0.29) is 30.6 Å². The van der Waals surface area contributed by atoms with Crippen molar-refractivity contribution in [3.63, 3.8) is 0 Å². The molecule has 1 fully saturated rings. The monoisotopic (exact) mass is 242 g/mol. The second kappa shape index (κ2) is 6.47. The summed E-state index contributed by atoms with van der Waals surface area (Å²) in [5, 5.41) is 2.97. The molecule has 0 spiro atoms. The lowest BCUT2D eigenvalue weighted by Gasteiger charge is -2.27. The van der Waals surface area contributed by atoms with E-state index in [1.54, 1.807) is 0 Å². The molecule has 1 saturated carbocycles. The smallest absolute Gasteiger partial charge is 0.325 e. The van der Waals surface area contributed by atoms with Crippen molar-refractivity contribution in [1.29, 1.82) is 0 Å². The van der Waals surface area contributed by atoms with Gasteiger partial charge < -0.3 is 15.0 Å². The van der Waals surface area contributed by atoms with E-state index in [9.17, 15) is 9.59 Å². The Morgan fingerprint density at radius 1 is 1.35 bits per heavy atom. The minimum absolute atomic E-state index is 0.00667. The topological polar surface area (TPSA) is 58.6 Å². The van der Waals surface area contributed by atoms with E-state index < -0.39 is 0 Å². The van der Waals surface area contributed by atoms with E-state index in [0.717, 1.165) is 12.8 Å². The predicted molar refractivity (Wildman–Crippen MR) is 64.6 cm³/mol. The van der Waals surface area contributed by atoms with Crippen LogP contribution in [0.5, 0.6) is 0 Å². The maximum atomic E-state index is 12.0. The Bertz CT molecular complexity index is 273. The van der Waals surface area contributed by atoms with Crippen LogP contribution in [0.3, 0.4) is 0 Å². The summed E-state index contributed by atoms with van der Waals surface area (Å²) in [6.07, 6.45) is 4.42. The first-order valence-electron chi connectivity index (χ1n) is 6.18. The van der Waals surface area contributed by atoms with Gasteiger partial charge in [0.2, 0.25) is 0 Å². The second-order valence-corrected chi connectivity index (χ2v) is 4.73. The molecular formula is C12H22N2O3. The molecule has 1 rings (SSSR count). The van der Waals surface area contributed by atoms with E-state index in [2.05, 4.69) is 10.1 Å². The number of ether oxygens (including phenoxy) is 1. The number of rotatable bonds is 4. The number of carbonyl (C=O) groups is 2. The Hall–Kier alpha value is -1.26. The van der Waals surface area contributed by atoms with Crippen LogP contribution in [-0.4, -0.2) is 42.6 Å². The summed E-state index contributed by atoms with van der Waals surface area (Å²) in [6, 6.07) is 0.0780. The number of esters is 1.